The third kappa shape index (κ3) is 5.16. The van der Waals surface area contributed by atoms with Crippen LogP contribution in [0.4, 0.5) is 27.8 Å². The molecule has 0 bridgehead atoms. The Kier molecular flexibility index (Phi) is 6.57. The molecule has 1 atom stereocenters. The summed E-state index contributed by atoms with van der Waals surface area (Å²) in [6.45, 7) is 0.383. The first kappa shape index (κ1) is 24.1. The monoisotopic (exact) mass is 514 g/mol. The molecule has 5 rings (SSSR count). The fourth-order valence-corrected chi connectivity index (χ4v) is 4.89. The summed E-state index contributed by atoms with van der Waals surface area (Å²) in [6.07, 6.45) is -3.93. The van der Waals surface area contributed by atoms with Gasteiger partial charge in [-0.3, -0.25) is 0 Å². The second-order valence-corrected chi connectivity index (χ2v) is 9.13. The summed E-state index contributed by atoms with van der Waals surface area (Å²) in [7, 11) is 0. The quantitative estimate of drug-likeness (QED) is 0.166. The predicted octanol–water partition coefficient (Wildman–Crippen LogP) is 8.08. The van der Waals surface area contributed by atoms with Gasteiger partial charge in [-0.15, -0.1) is 0 Å². The van der Waals surface area contributed by atoms with Crippen LogP contribution in [0.15, 0.2) is 83.8 Å². The van der Waals surface area contributed by atoms with Gasteiger partial charge in [0.15, 0.2) is 0 Å². The third-order valence-corrected chi connectivity index (χ3v) is 6.73. The van der Waals surface area contributed by atoms with Crippen LogP contribution in [-0.4, -0.2) is 11.6 Å². The molecule has 9 heteroatoms. The number of hydrogen-bond donors (Lipinski definition) is 1. The minimum absolute atomic E-state index is 0.215. The topological polar surface area (TPSA) is 34.1 Å². The van der Waals surface area contributed by atoms with Gasteiger partial charge < -0.3 is 9.46 Å². The molecule has 0 amide bonds. The Labute approximate surface area is 208 Å². The van der Waals surface area contributed by atoms with Crippen molar-refractivity contribution in [1.29, 1.82) is 0 Å². The summed E-state index contributed by atoms with van der Waals surface area (Å²) in [5.41, 5.74) is 1.70. The molecule has 3 nitrogen and oxygen atoms in total. The summed E-state index contributed by atoms with van der Waals surface area (Å²) in [4.78, 5) is 4.56. The lowest BCUT2D eigenvalue weighted by Gasteiger charge is -2.29. The van der Waals surface area contributed by atoms with E-state index >= 15 is 0 Å². The van der Waals surface area contributed by atoms with Crippen molar-refractivity contribution in [2.75, 3.05) is 11.3 Å². The summed E-state index contributed by atoms with van der Waals surface area (Å²) in [6, 6.07) is 19.2. The SMILES string of the molecule is Fc1ccc(-c2cc(C(F)(F)F)ccc2C2CCOc3cc(SNc4cccc(F)n4)ccc32)cc1. The largest absolute Gasteiger partial charge is 0.493 e. The number of aromatic nitrogens is 1. The molecule has 3 aromatic carbocycles. The number of fused-ring (bicyclic) bond motifs is 1. The number of halogens is 5. The van der Waals surface area contributed by atoms with Crippen molar-refractivity contribution < 1.29 is 26.7 Å². The zero-order valence-corrected chi connectivity index (χ0v) is 19.5. The number of nitrogens with zero attached hydrogens (tertiary/aromatic N) is 1. The summed E-state index contributed by atoms with van der Waals surface area (Å²) < 4.78 is 76.2. The Balaban J connectivity index is 1.49. The summed E-state index contributed by atoms with van der Waals surface area (Å²) in [5, 5.41) is 0. The average Bonchev–Trinajstić information content (AvgIpc) is 2.86. The number of pyridine rings is 1. The van der Waals surface area contributed by atoms with Gasteiger partial charge in [0.25, 0.3) is 0 Å². The molecule has 184 valence electrons. The number of ether oxygens (including phenoxy) is 1. The van der Waals surface area contributed by atoms with E-state index in [0.29, 0.717) is 41.3 Å². The Morgan fingerprint density at radius 1 is 0.889 bits per heavy atom. The van der Waals surface area contributed by atoms with Gasteiger partial charge in [0.05, 0.1) is 12.2 Å². The highest BCUT2D eigenvalue weighted by Gasteiger charge is 2.33. The van der Waals surface area contributed by atoms with E-state index in [9.17, 15) is 22.0 Å². The first-order valence-corrected chi connectivity index (χ1v) is 11.9. The number of rotatable bonds is 5. The van der Waals surface area contributed by atoms with E-state index in [1.54, 1.807) is 12.1 Å². The van der Waals surface area contributed by atoms with Crippen LogP contribution in [0.2, 0.25) is 0 Å². The number of benzene rings is 3. The van der Waals surface area contributed by atoms with Crippen molar-refractivity contribution in [1.82, 2.24) is 4.98 Å². The predicted molar refractivity (Wildman–Crippen MR) is 129 cm³/mol. The van der Waals surface area contributed by atoms with Crippen LogP contribution in [0.3, 0.4) is 0 Å². The summed E-state index contributed by atoms with van der Waals surface area (Å²) >= 11 is 1.24. The van der Waals surface area contributed by atoms with Crippen LogP contribution in [0.25, 0.3) is 11.1 Å². The molecule has 1 aromatic heterocycles. The number of alkyl halides is 3. The number of hydrogen-bond acceptors (Lipinski definition) is 4. The molecule has 0 aliphatic carbocycles. The first-order chi connectivity index (χ1) is 17.3. The zero-order valence-electron chi connectivity index (χ0n) is 18.7. The van der Waals surface area contributed by atoms with Gasteiger partial charge in [-0.2, -0.15) is 17.6 Å². The van der Waals surface area contributed by atoms with Crippen LogP contribution in [0.5, 0.6) is 5.75 Å². The maximum atomic E-state index is 13.5. The molecule has 1 aliphatic rings. The van der Waals surface area contributed by atoms with Crippen molar-refractivity contribution in [2.45, 2.75) is 23.4 Å². The molecule has 4 aromatic rings. The van der Waals surface area contributed by atoms with Gasteiger partial charge in [0, 0.05) is 16.4 Å². The van der Waals surface area contributed by atoms with Gasteiger partial charge in [-0.05, 0) is 83.6 Å². The Morgan fingerprint density at radius 2 is 1.67 bits per heavy atom. The van der Waals surface area contributed by atoms with Crippen molar-refractivity contribution in [3.63, 3.8) is 0 Å². The van der Waals surface area contributed by atoms with Crippen molar-refractivity contribution >= 4 is 17.8 Å². The average molecular weight is 515 g/mol. The fraction of sp³-hybridized carbons (Fsp3) is 0.148. The Morgan fingerprint density at radius 3 is 2.42 bits per heavy atom. The van der Waals surface area contributed by atoms with E-state index in [4.69, 9.17) is 4.74 Å². The van der Waals surface area contributed by atoms with E-state index in [1.807, 2.05) is 18.2 Å². The van der Waals surface area contributed by atoms with Gasteiger partial charge in [0.1, 0.15) is 17.4 Å². The maximum Gasteiger partial charge on any atom is 0.416 e. The highest BCUT2D eigenvalue weighted by molar-refractivity contribution is 8.00. The van der Waals surface area contributed by atoms with E-state index < -0.39 is 23.5 Å². The lowest BCUT2D eigenvalue weighted by molar-refractivity contribution is -0.137. The molecule has 0 saturated carbocycles. The molecular formula is C27H19F5N2OS. The van der Waals surface area contributed by atoms with E-state index in [1.165, 1.54) is 48.3 Å². The van der Waals surface area contributed by atoms with Crippen molar-refractivity contribution in [3.8, 4) is 16.9 Å². The molecule has 1 N–H and O–H groups in total. The van der Waals surface area contributed by atoms with Crippen LogP contribution < -0.4 is 9.46 Å². The van der Waals surface area contributed by atoms with Crippen LogP contribution in [-0.2, 0) is 6.18 Å². The maximum absolute atomic E-state index is 13.5. The van der Waals surface area contributed by atoms with Gasteiger partial charge in [-0.25, -0.2) is 9.37 Å². The minimum atomic E-state index is -4.50. The molecular weight excluding hydrogens is 495 g/mol. The normalized spacial score (nSPS) is 15.2. The molecule has 0 radical (unpaired) electrons. The number of nitrogens with one attached hydrogen (secondary N) is 1. The third-order valence-electron chi connectivity index (χ3n) is 5.92. The highest BCUT2D eigenvalue weighted by atomic mass is 32.2. The van der Waals surface area contributed by atoms with Crippen LogP contribution in [0.1, 0.15) is 29.0 Å². The molecule has 1 aliphatic heterocycles. The number of anilines is 1. The van der Waals surface area contributed by atoms with Crippen molar-refractivity contribution in [2.24, 2.45) is 0 Å². The molecule has 0 fully saturated rings. The molecule has 0 spiro atoms. The zero-order chi connectivity index (χ0) is 25.3. The van der Waals surface area contributed by atoms with Gasteiger partial charge in [0.2, 0.25) is 5.95 Å². The first-order valence-electron chi connectivity index (χ1n) is 11.1. The minimum Gasteiger partial charge on any atom is -0.493 e. The fourth-order valence-electron chi connectivity index (χ4n) is 4.25. The van der Waals surface area contributed by atoms with E-state index in [-0.39, 0.29) is 5.92 Å². The van der Waals surface area contributed by atoms with E-state index in [2.05, 4.69) is 9.71 Å². The second kappa shape index (κ2) is 9.81. The van der Waals surface area contributed by atoms with Gasteiger partial charge in [-0.1, -0.05) is 30.3 Å². The van der Waals surface area contributed by atoms with Gasteiger partial charge >= 0.3 is 6.18 Å². The van der Waals surface area contributed by atoms with Crippen LogP contribution in [0, 0.1) is 11.8 Å². The Hall–Kier alpha value is -3.59. The highest BCUT2D eigenvalue weighted by Crippen LogP contribution is 2.44. The molecule has 1 unspecified atom stereocenters. The van der Waals surface area contributed by atoms with Crippen molar-refractivity contribution in [3.05, 3.63) is 107 Å². The molecule has 0 saturated heterocycles. The summed E-state index contributed by atoms with van der Waals surface area (Å²) in [5.74, 6) is -0.283. The second-order valence-electron chi connectivity index (χ2n) is 8.25. The lowest BCUT2D eigenvalue weighted by atomic mass is 9.82. The van der Waals surface area contributed by atoms with Crippen LogP contribution >= 0.6 is 11.9 Å². The molecule has 36 heavy (non-hydrogen) atoms. The smallest absolute Gasteiger partial charge is 0.416 e. The Bertz CT molecular complexity index is 1390. The van der Waals surface area contributed by atoms with E-state index in [0.717, 1.165) is 22.6 Å². The lowest BCUT2D eigenvalue weighted by Crippen LogP contribution is -2.16. The molecule has 2 heterocycles. The standard InChI is InChI=1S/C27H19F5N2OS/c28-18-7-4-16(5-8-18)23-14-17(27(30,31)32)6-10-20(23)21-12-13-35-24-15-19(9-11-22(21)24)36-34-26-3-1-2-25(29)33-26/h1-11,14-15,21H,12-13H2,(H,33,34).